The average Bonchev–Trinajstić information content (AvgIpc) is 2.16. The molecule has 1 aliphatic rings. The molecule has 1 rings (SSSR count). The first kappa shape index (κ1) is 11.3. The van der Waals surface area contributed by atoms with Crippen LogP contribution in [0.5, 0.6) is 0 Å². The number of carbonyl (C=O) groups is 1. The summed E-state index contributed by atoms with van der Waals surface area (Å²) in [5.41, 5.74) is 0.495. The van der Waals surface area contributed by atoms with Gasteiger partial charge in [0.25, 0.3) is 0 Å². The summed E-state index contributed by atoms with van der Waals surface area (Å²) in [6.45, 7) is 8.11. The summed E-state index contributed by atoms with van der Waals surface area (Å²) >= 11 is 0. The van der Waals surface area contributed by atoms with E-state index in [2.05, 4.69) is 13.5 Å². The van der Waals surface area contributed by atoms with Gasteiger partial charge in [0.05, 0.1) is 6.61 Å². The van der Waals surface area contributed by atoms with Crippen LogP contribution in [0.2, 0.25) is 0 Å². The molecule has 0 atom stereocenters. The first-order valence-corrected chi connectivity index (χ1v) is 5.42. The molecule has 1 saturated carbocycles. The minimum absolute atomic E-state index is 0.247. The predicted molar refractivity (Wildman–Crippen MR) is 56.9 cm³/mol. The standard InChI is InChI=1S/C12H20O2/c1-9(2)12(13)14-8-11-6-4-10(3)5-7-11/h10-11H,1,4-8H2,2-3H3. The Balaban J connectivity index is 2.19. The van der Waals surface area contributed by atoms with Crippen LogP contribution in [0.15, 0.2) is 12.2 Å². The monoisotopic (exact) mass is 196 g/mol. The maximum absolute atomic E-state index is 11.1. The van der Waals surface area contributed by atoms with Gasteiger partial charge in [-0.2, -0.15) is 0 Å². The van der Waals surface area contributed by atoms with Gasteiger partial charge >= 0.3 is 5.97 Å². The van der Waals surface area contributed by atoms with Gasteiger partial charge in [0, 0.05) is 5.57 Å². The highest BCUT2D eigenvalue weighted by atomic mass is 16.5. The Morgan fingerprint density at radius 1 is 1.36 bits per heavy atom. The second-order valence-electron chi connectivity index (χ2n) is 4.50. The third-order valence-corrected chi connectivity index (χ3v) is 2.93. The molecule has 0 unspecified atom stereocenters. The summed E-state index contributed by atoms with van der Waals surface area (Å²) in [6.07, 6.45) is 4.94. The Morgan fingerprint density at radius 3 is 2.43 bits per heavy atom. The normalized spacial score (nSPS) is 27.0. The van der Waals surface area contributed by atoms with Gasteiger partial charge in [-0.25, -0.2) is 4.79 Å². The van der Waals surface area contributed by atoms with Crippen molar-refractivity contribution in [3.63, 3.8) is 0 Å². The van der Waals surface area contributed by atoms with Crippen molar-refractivity contribution in [1.82, 2.24) is 0 Å². The molecule has 14 heavy (non-hydrogen) atoms. The molecule has 1 aliphatic carbocycles. The van der Waals surface area contributed by atoms with E-state index in [1.54, 1.807) is 6.92 Å². The number of carbonyl (C=O) groups excluding carboxylic acids is 1. The molecule has 1 fully saturated rings. The summed E-state index contributed by atoms with van der Waals surface area (Å²) < 4.78 is 5.14. The van der Waals surface area contributed by atoms with Crippen molar-refractivity contribution < 1.29 is 9.53 Å². The molecule has 0 heterocycles. The lowest BCUT2D eigenvalue weighted by atomic mass is 9.83. The number of hydrogen-bond acceptors (Lipinski definition) is 2. The van der Waals surface area contributed by atoms with Gasteiger partial charge in [-0.15, -0.1) is 0 Å². The Kier molecular flexibility index (Phi) is 4.18. The second kappa shape index (κ2) is 5.18. The van der Waals surface area contributed by atoms with Crippen molar-refractivity contribution in [2.75, 3.05) is 6.61 Å². The van der Waals surface area contributed by atoms with E-state index in [1.807, 2.05) is 0 Å². The molecule has 0 amide bonds. The summed E-state index contributed by atoms with van der Waals surface area (Å²) in [7, 11) is 0. The highest BCUT2D eigenvalue weighted by molar-refractivity contribution is 5.86. The van der Waals surface area contributed by atoms with Crippen molar-refractivity contribution in [3.05, 3.63) is 12.2 Å². The topological polar surface area (TPSA) is 26.3 Å². The molecule has 0 aliphatic heterocycles. The Morgan fingerprint density at radius 2 is 1.93 bits per heavy atom. The SMILES string of the molecule is C=C(C)C(=O)OCC1CCC(C)CC1. The van der Waals surface area contributed by atoms with Crippen LogP contribution in [0.25, 0.3) is 0 Å². The molecule has 0 aromatic heterocycles. The van der Waals surface area contributed by atoms with E-state index >= 15 is 0 Å². The Hall–Kier alpha value is -0.790. The third-order valence-electron chi connectivity index (χ3n) is 2.93. The fourth-order valence-electron chi connectivity index (χ4n) is 1.81. The highest BCUT2D eigenvalue weighted by Crippen LogP contribution is 2.28. The summed E-state index contributed by atoms with van der Waals surface area (Å²) in [5.74, 6) is 1.18. The molecule has 0 bridgehead atoms. The molecule has 0 aromatic carbocycles. The molecule has 0 radical (unpaired) electrons. The zero-order valence-electron chi connectivity index (χ0n) is 9.21. The van der Waals surface area contributed by atoms with Crippen LogP contribution >= 0.6 is 0 Å². The van der Waals surface area contributed by atoms with Crippen LogP contribution in [-0.2, 0) is 9.53 Å². The largest absolute Gasteiger partial charge is 0.462 e. The number of ether oxygens (including phenoxy) is 1. The number of esters is 1. The summed E-state index contributed by atoms with van der Waals surface area (Å²) in [4.78, 5) is 11.1. The zero-order chi connectivity index (χ0) is 10.6. The van der Waals surface area contributed by atoms with Crippen LogP contribution in [0, 0.1) is 11.8 Å². The van der Waals surface area contributed by atoms with Crippen molar-refractivity contribution in [2.45, 2.75) is 39.5 Å². The molecule has 80 valence electrons. The van der Waals surface area contributed by atoms with Crippen molar-refractivity contribution >= 4 is 5.97 Å². The smallest absolute Gasteiger partial charge is 0.333 e. The molecule has 2 heteroatoms. The lowest BCUT2D eigenvalue weighted by Gasteiger charge is -2.25. The molecule has 0 N–H and O–H groups in total. The van der Waals surface area contributed by atoms with E-state index in [-0.39, 0.29) is 5.97 Å². The lowest BCUT2D eigenvalue weighted by molar-refractivity contribution is -0.140. The molecule has 2 nitrogen and oxygen atoms in total. The molecule has 0 spiro atoms. The van der Waals surface area contributed by atoms with Crippen LogP contribution in [0.1, 0.15) is 39.5 Å². The van der Waals surface area contributed by atoms with Gasteiger partial charge in [-0.05, 0) is 31.6 Å². The zero-order valence-corrected chi connectivity index (χ0v) is 9.21. The quantitative estimate of drug-likeness (QED) is 0.512. The average molecular weight is 196 g/mol. The third kappa shape index (κ3) is 3.52. The maximum Gasteiger partial charge on any atom is 0.333 e. The molecule has 0 saturated heterocycles. The lowest BCUT2D eigenvalue weighted by Crippen LogP contribution is -2.19. The van der Waals surface area contributed by atoms with E-state index in [0.29, 0.717) is 18.1 Å². The predicted octanol–water partition coefficient (Wildman–Crippen LogP) is 2.93. The minimum Gasteiger partial charge on any atom is -0.462 e. The van der Waals surface area contributed by atoms with Gasteiger partial charge in [0.2, 0.25) is 0 Å². The van der Waals surface area contributed by atoms with Gasteiger partial charge in [-0.3, -0.25) is 0 Å². The fraction of sp³-hybridized carbons (Fsp3) is 0.750. The highest BCUT2D eigenvalue weighted by Gasteiger charge is 2.19. The second-order valence-corrected chi connectivity index (χ2v) is 4.50. The Labute approximate surface area is 86.3 Å². The first-order valence-electron chi connectivity index (χ1n) is 5.42. The minimum atomic E-state index is -0.247. The van der Waals surface area contributed by atoms with Gasteiger partial charge < -0.3 is 4.74 Å². The number of rotatable bonds is 3. The van der Waals surface area contributed by atoms with E-state index in [0.717, 1.165) is 5.92 Å². The van der Waals surface area contributed by atoms with Crippen LogP contribution in [0.4, 0.5) is 0 Å². The Bertz CT molecular complexity index is 212. The summed E-state index contributed by atoms with van der Waals surface area (Å²) in [5, 5.41) is 0. The van der Waals surface area contributed by atoms with E-state index in [9.17, 15) is 4.79 Å². The van der Waals surface area contributed by atoms with Crippen molar-refractivity contribution in [2.24, 2.45) is 11.8 Å². The van der Waals surface area contributed by atoms with E-state index in [4.69, 9.17) is 4.74 Å². The van der Waals surface area contributed by atoms with Crippen LogP contribution in [0.3, 0.4) is 0 Å². The first-order chi connectivity index (χ1) is 6.59. The molecule has 0 aromatic rings. The summed E-state index contributed by atoms with van der Waals surface area (Å²) in [6, 6.07) is 0. The van der Waals surface area contributed by atoms with Crippen molar-refractivity contribution in [3.8, 4) is 0 Å². The molecular weight excluding hydrogens is 176 g/mol. The number of hydrogen-bond donors (Lipinski definition) is 0. The van der Waals surface area contributed by atoms with Gasteiger partial charge in [-0.1, -0.05) is 26.3 Å². The van der Waals surface area contributed by atoms with Gasteiger partial charge in [0.15, 0.2) is 0 Å². The van der Waals surface area contributed by atoms with Crippen molar-refractivity contribution in [1.29, 1.82) is 0 Å². The van der Waals surface area contributed by atoms with Crippen LogP contribution < -0.4 is 0 Å². The van der Waals surface area contributed by atoms with E-state index < -0.39 is 0 Å². The van der Waals surface area contributed by atoms with Gasteiger partial charge in [0.1, 0.15) is 0 Å². The van der Waals surface area contributed by atoms with E-state index in [1.165, 1.54) is 25.7 Å². The van der Waals surface area contributed by atoms with Crippen LogP contribution in [-0.4, -0.2) is 12.6 Å². The maximum atomic E-state index is 11.1. The molecular formula is C12H20O2. The fourth-order valence-corrected chi connectivity index (χ4v) is 1.81.